The standard InChI is InChI=1S/C18H15Cl3F3NO/c1-2-3-17(13-9-12(19)5-6-14(13)18(22,23)24)25-26-10-11-4-7-15(20)16(21)8-11/h4-9H,2-3,10H2,1H3. The molecule has 2 nitrogen and oxygen atoms in total. The predicted octanol–water partition coefficient (Wildman–Crippen LogP) is 7.39. The van der Waals surface area contributed by atoms with Crippen LogP contribution in [0, 0.1) is 0 Å². The molecule has 140 valence electrons. The van der Waals surface area contributed by atoms with Gasteiger partial charge in [0.05, 0.1) is 21.3 Å². The molecule has 2 rings (SSSR count). The van der Waals surface area contributed by atoms with E-state index in [0.717, 1.165) is 6.07 Å². The summed E-state index contributed by atoms with van der Waals surface area (Å²) in [7, 11) is 0. The lowest BCUT2D eigenvalue weighted by molar-refractivity contribution is -0.137. The zero-order valence-electron chi connectivity index (χ0n) is 13.7. The SMILES string of the molecule is CCCC(=NOCc1ccc(Cl)c(Cl)c1)c1cc(Cl)ccc1C(F)(F)F. The Morgan fingerprint density at radius 1 is 1.04 bits per heavy atom. The van der Waals surface area contributed by atoms with Gasteiger partial charge < -0.3 is 4.84 Å². The van der Waals surface area contributed by atoms with E-state index in [1.165, 1.54) is 12.1 Å². The minimum Gasteiger partial charge on any atom is -0.391 e. The number of alkyl halides is 3. The second-order valence-electron chi connectivity index (χ2n) is 5.50. The third kappa shape index (κ3) is 5.53. The van der Waals surface area contributed by atoms with Gasteiger partial charge in [-0.1, -0.05) is 59.4 Å². The maximum Gasteiger partial charge on any atom is 0.417 e. The normalized spacial score (nSPS) is 12.3. The minimum atomic E-state index is -4.52. The van der Waals surface area contributed by atoms with E-state index in [2.05, 4.69) is 5.16 Å². The van der Waals surface area contributed by atoms with Crippen LogP contribution in [0.1, 0.15) is 36.5 Å². The average molecular weight is 425 g/mol. The van der Waals surface area contributed by atoms with Crippen molar-refractivity contribution in [3.63, 3.8) is 0 Å². The first kappa shape index (κ1) is 20.9. The van der Waals surface area contributed by atoms with Gasteiger partial charge in [-0.25, -0.2) is 0 Å². The van der Waals surface area contributed by atoms with E-state index in [1.807, 2.05) is 6.92 Å². The zero-order valence-corrected chi connectivity index (χ0v) is 16.0. The summed E-state index contributed by atoms with van der Waals surface area (Å²) in [6.07, 6.45) is -3.61. The Bertz CT molecular complexity index is 807. The fourth-order valence-electron chi connectivity index (χ4n) is 2.28. The monoisotopic (exact) mass is 423 g/mol. The van der Waals surface area contributed by atoms with E-state index in [0.29, 0.717) is 28.5 Å². The maximum absolute atomic E-state index is 13.3. The van der Waals surface area contributed by atoms with E-state index in [4.69, 9.17) is 39.6 Å². The fraction of sp³-hybridized carbons (Fsp3) is 0.278. The molecule has 0 saturated carbocycles. The van der Waals surface area contributed by atoms with Crippen LogP contribution in [0.15, 0.2) is 41.6 Å². The second-order valence-corrected chi connectivity index (χ2v) is 6.75. The Morgan fingerprint density at radius 3 is 2.38 bits per heavy atom. The molecule has 0 saturated heterocycles. The molecule has 0 heterocycles. The molecule has 0 radical (unpaired) electrons. The highest BCUT2D eigenvalue weighted by Crippen LogP contribution is 2.34. The molecule has 0 spiro atoms. The Morgan fingerprint density at radius 2 is 1.77 bits per heavy atom. The molecule has 0 bridgehead atoms. The maximum atomic E-state index is 13.3. The molecule has 0 aliphatic rings. The lowest BCUT2D eigenvalue weighted by atomic mass is 9.99. The van der Waals surface area contributed by atoms with Crippen molar-refractivity contribution < 1.29 is 18.0 Å². The van der Waals surface area contributed by atoms with E-state index < -0.39 is 11.7 Å². The Balaban J connectivity index is 2.29. The summed E-state index contributed by atoms with van der Waals surface area (Å²) >= 11 is 17.7. The van der Waals surface area contributed by atoms with E-state index in [-0.39, 0.29) is 22.9 Å². The van der Waals surface area contributed by atoms with E-state index in [1.54, 1.807) is 18.2 Å². The summed E-state index contributed by atoms with van der Waals surface area (Å²) < 4.78 is 39.9. The highest BCUT2D eigenvalue weighted by atomic mass is 35.5. The third-order valence-electron chi connectivity index (χ3n) is 3.47. The quantitative estimate of drug-likeness (QED) is 0.350. The topological polar surface area (TPSA) is 21.6 Å². The van der Waals surface area contributed by atoms with Crippen molar-refractivity contribution in [3.05, 3.63) is 68.2 Å². The molecule has 26 heavy (non-hydrogen) atoms. The van der Waals surface area contributed by atoms with Gasteiger partial charge in [0, 0.05) is 10.6 Å². The highest BCUT2D eigenvalue weighted by Gasteiger charge is 2.34. The molecule has 2 aromatic rings. The summed E-state index contributed by atoms with van der Waals surface area (Å²) in [6, 6.07) is 8.32. The van der Waals surface area contributed by atoms with Gasteiger partial charge in [-0.3, -0.25) is 0 Å². The van der Waals surface area contributed by atoms with Crippen LogP contribution in [0.3, 0.4) is 0 Å². The van der Waals surface area contributed by atoms with Gasteiger partial charge in [0.1, 0.15) is 6.61 Å². The van der Waals surface area contributed by atoms with Crippen LogP contribution in [0.2, 0.25) is 15.1 Å². The van der Waals surface area contributed by atoms with Gasteiger partial charge in [0.25, 0.3) is 0 Å². The third-order valence-corrected chi connectivity index (χ3v) is 4.45. The van der Waals surface area contributed by atoms with Crippen molar-refractivity contribution in [1.82, 2.24) is 0 Å². The van der Waals surface area contributed by atoms with Gasteiger partial charge in [0.2, 0.25) is 0 Å². The lowest BCUT2D eigenvalue weighted by Crippen LogP contribution is -2.14. The van der Waals surface area contributed by atoms with Crippen molar-refractivity contribution in [1.29, 1.82) is 0 Å². The number of hydrogen-bond acceptors (Lipinski definition) is 2. The molecular weight excluding hydrogens is 410 g/mol. The molecule has 0 N–H and O–H groups in total. The molecule has 0 aliphatic carbocycles. The molecule has 0 unspecified atom stereocenters. The van der Waals surface area contributed by atoms with Gasteiger partial charge in [-0.15, -0.1) is 0 Å². The number of rotatable bonds is 6. The molecule has 2 aromatic carbocycles. The lowest BCUT2D eigenvalue weighted by Gasteiger charge is -2.14. The molecule has 0 amide bonds. The minimum absolute atomic E-state index is 0.0476. The number of halogens is 6. The number of hydrogen-bond donors (Lipinski definition) is 0. The number of oxime groups is 1. The first-order chi connectivity index (χ1) is 12.2. The van der Waals surface area contributed by atoms with Gasteiger partial charge >= 0.3 is 6.18 Å². The van der Waals surface area contributed by atoms with Gasteiger partial charge in [-0.2, -0.15) is 13.2 Å². The summed E-state index contributed by atoms with van der Waals surface area (Å²) in [5.41, 5.74) is -0.00301. The van der Waals surface area contributed by atoms with Crippen LogP contribution in [-0.2, 0) is 17.6 Å². The van der Waals surface area contributed by atoms with E-state index >= 15 is 0 Å². The van der Waals surface area contributed by atoms with Crippen molar-refractivity contribution >= 4 is 40.5 Å². The van der Waals surface area contributed by atoms with Crippen LogP contribution in [0.25, 0.3) is 0 Å². The first-order valence-corrected chi connectivity index (χ1v) is 8.85. The zero-order chi connectivity index (χ0) is 19.3. The number of nitrogens with zero attached hydrogens (tertiary/aromatic N) is 1. The highest BCUT2D eigenvalue weighted by molar-refractivity contribution is 6.42. The van der Waals surface area contributed by atoms with Crippen molar-refractivity contribution in [3.8, 4) is 0 Å². The van der Waals surface area contributed by atoms with Gasteiger partial charge in [-0.05, 0) is 42.3 Å². The smallest absolute Gasteiger partial charge is 0.391 e. The molecule has 0 aromatic heterocycles. The molecule has 8 heteroatoms. The predicted molar refractivity (Wildman–Crippen MR) is 99.2 cm³/mol. The summed E-state index contributed by atoms with van der Waals surface area (Å²) in [5, 5.41) is 4.89. The first-order valence-electron chi connectivity index (χ1n) is 7.72. The summed E-state index contributed by atoms with van der Waals surface area (Å²) in [6.45, 7) is 1.89. The Hall–Kier alpha value is -1.43. The van der Waals surface area contributed by atoms with Crippen molar-refractivity contribution in [2.75, 3.05) is 0 Å². The average Bonchev–Trinajstić information content (AvgIpc) is 2.56. The number of benzene rings is 2. The molecule has 0 aliphatic heterocycles. The van der Waals surface area contributed by atoms with Crippen LogP contribution in [0.4, 0.5) is 13.2 Å². The Labute approximate surface area is 164 Å². The Kier molecular flexibility index (Phi) is 7.21. The van der Waals surface area contributed by atoms with Crippen molar-refractivity contribution in [2.45, 2.75) is 32.5 Å². The molecule has 0 atom stereocenters. The van der Waals surface area contributed by atoms with Gasteiger partial charge in [0.15, 0.2) is 0 Å². The molecule has 0 fully saturated rings. The van der Waals surface area contributed by atoms with Crippen LogP contribution in [-0.4, -0.2) is 5.71 Å². The van der Waals surface area contributed by atoms with Crippen LogP contribution >= 0.6 is 34.8 Å². The summed E-state index contributed by atoms with van der Waals surface area (Å²) in [5.74, 6) is 0. The summed E-state index contributed by atoms with van der Waals surface area (Å²) in [4.78, 5) is 5.27. The van der Waals surface area contributed by atoms with E-state index in [9.17, 15) is 13.2 Å². The largest absolute Gasteiger partial charge is 0.417 e. The van der Waals surface area contributed by atoms with Crippen molar-refractivity contribution in [2.24, 2.45) is 5.16 Å². The van der Waals surface area contributed by atoms with Crippen LogP contribution < -0.4 is 0 Å². The fourth-order valence-corrected chi connectivity index (χ4v) is 2.78. The molecular formula is C18H15Cl3F3NO. The second kappa shape index (κ2) is 8.98. The van der Waals surface area contributed by atoms with Crippen LogP contribution in [0.5, 0.6) is 0 Å².